The molecule has 0 bridgehead atoms. The number of fused-ring (bicyclic) bond motifs is 1. The molecule has 2 saturated heterocycles. The van der Waals surface area contributed by atoms with Crippen molar-refractivity contribution in [2.45, 2.75) is 57.5 Å². The summed E-state index contributed by atoms with van der Waals surface area (Å²) in [6, 6.07) is 0. The molecule has 2 heterocycles. The van der Waals surface area contributed by atoms with Gasteiger partial charge in [0.25, 0.3) is 0 Å². The fraction of sp³-hybridized carbons (Fsp3) is 0.824. The van der Waals surface area contributed by atoms with Gasteiger partial charge < -0.3 is 10.1 Å². The predicted octanol–water partition coefficient (Wildman–Crippen LogP) is 1.24. The topological polar surface area (TPSA) is 75.7 Å². The quantitative estimate of drug-likeness (QED) is 0.747. The number of nitrogens with zero attached hydrogens (tertiary/aromatic N) is 1. The van der Waals surface area contributed by atoms with Crippen molar-refractivity contribution in [3.05, 3.63) is 0 Å². The smallest absolute Gasteiger partial charge is 0.233 e. The van der Waals surface area contributed by atoms with Gasteiger partial charge in [0.1, 0.15) is 0 Å². The number of nitrogens with one attached hydrogen (secondary N) is 1. The average molecular weight is 322 g/mol. The molecule has 128 valence electrons. The molecule has 3 fully saturated rings. The zero-order valence-electron chi connectivity index (χ0n) is 13.6. The molecule has 3 rings (SSSR count). The molecule has 1 aliphatic carbocycles. The van der Waals surface area contributed by atoms with Crippen LogP contribution in [0.5, 0.6) is 0 Å². The average Bonchev–Trinajstić information content (AvgIpc) is 3.15. The van der Waals surface area contributed by atoms with Gasteiger partial charge in [-0.2, -0.15) is 0 Å². The maximum absolute atomic E-state index is 12.3. The van der Waals surface area contributed by atoms with Gasteiger partial charge in [0.15, 0.2) is 0 Å². The molecule has 3 atom stereocenters. The van der Waals surface area contributed by atoms with Gasteiger partial charge in [-0.05, 0) is 32.1 Å². The van der Waals surface area contributed by atoms with Crippen molar-refractivity contribution in [2.75, 3.05) is 19.7 Å². The van der Waals surface area contributed by atoms with Crippen molar-refractivity contribution in [3.8, 4) is 0 Å². The minimum atomic E-state index is -0.126. The van der Waals surface area contributed by atoms with Crippen LogP contribution in [-0.4, -0.2) is 48.4 Å². The van der Waals surface area contributed by atoms with E-state index in [0.717, 1.165) is 51.6 Å². The second-order valence-electron chi connectivity index (χ2n) is 6.85. The minimum absolute atomic E-state index is 0.0631. The summed E-state index contributed by atoms with van der Waals surface area (Å²) in [5.41, 5.74) is 0. The van der Waals surface area contributed by atoms with E-state index in [1.807, 2.05) is 0 Å². The lowest BCUT2D eigenvalue weighted by Crippen LogP contribution is -2.36. The third-order valence-corrected chi connectivity index (χ3v) is 5.31. The number of amides is 3. The summed E-state index contributed by atoms with van der Waals surface area (Å²) in [4.78, 5) is 37.8. The van der Waals surface area contributed by atoms with E-state index in [1.54, 1.807) is 0 Å². The largest absolute Gasteiger partial charge is 0.378 e. The van der Waals surface area contributed by atoms with E-state index in [1.165, 1.54) is 4.90 Å². The maximum Gasteiger partial charge on any atom is 0.233 e. The lowest BCUT2D eigenvalue weighted by Gasteiger charge is -2.19. The van der Waals surface area contributed by atoms with Crippen LogP contribution < -0.4 is 5.32 Å². The molecule has 0 aromatic heterocycles. The maximum atomic E-state index is 12.3. The van der Waals surface area contributed by atoms with Crippen LogP contribution in [0, 0.1) is 11.8 Å². The molecule has 1 saturated carbocycles. The van der Waals surface area contributed by atoms with Crippen molar-refractivity contribution in [3.63, 3.8) is 0 Å². The van der Waals surface area contributed by atoms with Gasteiger partial charge in [0, 0.05) is 26.1 Å². The Kier molecular flexibility index (Phi) is 5.30. The van der Waals surface area contributed by atoms with Crippen LogP contribution in [0.3, 0.4) is 0 Å². The Morgan fingerprint density at radius 3 is 2.39 bits per heavy atom. The first-order valence-corrected chi connectivity index (χ1v) is 8.90. The summed E-state index contributed by atoms with van der Waals surface area (Å²) >= 11 is 0. The summed E-state index contributed by atoms with van der Waals surface area (Å²) in [6.45, 7) is 1.63. The first kappa shape index (κ1) is 16.4. The van der Waals surface area contributed by atoms with Crippen LogP contribution >= 0.6 is 0 Å². The molecular weight excluding hydrogens is 296 g/mol. The summed E-state index contributed by atoms with van der Waals surface area (Å²) < 4.78 is 5.51. The molecule has 0 unspecified atom stereocenters. The Hall–Kier alpha value is -1.43. The number of ether oxygens (including phenoxy) is 1. The Balaban J connectivity index is 1.39. The molecule has 6 nitrogen and oxygen atoms in total. The van der Waals surface area contributed by atoms with E-state index < -0.39 is 0 Å². The molecular formula is C17H26N2O4. The molecule has 3 amide bonds. The van der Waals surface area contributed by atoms with E-state index in [0.29, 0.717) is 6.54 Å². The van der Waals surface area contributed by atoms with E-state index in [4.69, 9.17) is 4.74 Å². The second kappa shape index (κ2) is 7.43. The van der Waals surface area contributed by atoms with Gasteiger partial charge in [-0.25, -0.2) is 0 Å². The van der Waals surface area contributed by atoms with Crippen molar-refractivity contribution in [2.24, 2.45) is 11.8 Å². The molecule has 6 heteroatoms. The number of hydrogen-bond donors (Lipinski definition) is 1. The van der Waals surface area contributed by atoms with Crippen molar-refractivity contribution in [1.82, 2.24) is 10.2 Å². The number of carbonyl (C=O) groups is 3. The summed E-state index contributed by atoms with van der Waals surface area (Å²) in [7, 11) is 0. The standard InChI is InChI=1S/C17H26N2O4/c20-15(18-9-7-12-4-3-11-23-12)8-10-19-16(21)13-5-1-2-6-14(13)17(19)22/h12-14H,1-11H2,(H,18,20)/t12-,13+,14+/m0/s1. The van der Waals surface area contributed by atoms with Crippen LogP contribution in [0.25, 0.3) is 0 Å². The zero-order chi connectivity index (χ0) is 16.2. The van der Waals surface area contributed by atoms with Crippen molar-refractivity contribution in [1.29, 1.82) is 0 Å². The minimum Gasteiger partial charge on any atom is -0.378 e. The van der Waals surface area contributed by atoms with E-state index >= 15 is 0 Å². The predicted molar refractivity (Wildman–Crippen MR) is 83.4 cm³/mol. The third kappa shape index (κ3) is 3.74. The van der Waals surface area contributed by atoms with Crippen LogP contribution in [0.2, 0.25) is 0 Å². The van der Waals surface area contributed by atoms with Gasteiger partial charge >= 0.3 is 0 Å². The number of hydrogen-bond acceptors (Lipinski definition) is 4. The van der Waals surface area contributed by atoms with Gasteiger partial charge in [-0.3, -0.25) is 19.3 Å². The van der Waals surface area contributed by atoms with Crippen LogP contribution in [0.15, 0.2) is 0 Å². The molecule has 0 aromatic rings. The number of likely N-dealkylation sites (tertiary alicyclic amines) is 1. The van der Waals surface area contributed by atoms with Crippen molar-refractivity contribution < 1.29 is 19.1 Å². The Morgan fingerprint density at radius 2 is 1.78 bits per heavy atom. The fourth-order valence-corrected chi connectivity index (χ4v) is 4.00. The Morgan fingerprint density at radius 1 is 1.09 bits per heavy atom. The highest BCUT2D eigenvalue weighted by Gasteiger charge is 2.47. The first-order chi connectivity index (χ1) is 11.2. The lowest BCUT2D eigenvalue weighted by molar-refractivity contribution is -0.140. The van der Waals surface area contributed by atoms with Crippen LogP contribution in [0.4, 0.5) is 0 Å². The highest BCUT2D eigenvalue weighted by Crippen LogP contribution is 2.37. The Labute approximate surface area is 136 Å². The number of carbonyl (C=O) groups excluding carboxylic acids is 3. The molecule has 0 radical (unpaired) electrons. The van der Waals surface area contributed by atoms with Crippen molar-refractivity contribution >= 4 is 17.7 Å². The first-order valence-electron chi connectivity index (χ1n) is 8.90. The fourth-order valence-electron chi connectivity index (χ4n) is 4.00. The van der Waals surface area contributed by atoms with Gasteiger partial charge in [0.2, 0.25) is 17.7 Å². The molecule has 0 spiro atoms. The van der Waals surface area contributed by atoms with Gasteiger partial charge in [-0.1, -0.05) is 12.8 Å². The molecule has 1 N–H and O–H groups in total. The summed E-state index contributed by atoms with van der Waals surface area (Å²) in [6.07, 6.45) is 7.14. The third-order valence-electron chi connectivity index (χ3n) is 5.31. The van der Waals surface area contributed by atoms with Gasteiger partial charge in [0.05, 0.1) is 17.9 Å². The Bertz CT molecular complexity index is 449. The zero-order valence-corrected chi connectivity index (χ0v) is 13.6. The summed E-state index contributed by atoms with van der Waals surface area (Å²) in [5.74, 6) is -0.477. The van der Waals surface area contributed by atoms with E-state index in [2.05, 4.69) is 5.32 Å². The normalized spacial score (nSPS) is 30.6. The monoisotopic (exact) mass is 322 g/mol. The van der Waals surface area contributed by atoms with Crippen LogP contribution in [-0.2, 0) is 19.1 Å². The van der Waals surface area contributed by atoms with E-state index in [9.17, 15) is 14.4 Å². The molecule has 0 aromatic carbocycles. The second-order valence-corrected chi connectivity index (χ2v) is 6.85. The van der Waals surface area contributed by atoms with E-state index in [-0.39, 0.29) is 48.6 Å². The van der Waals surface area contributed by atoms with Crippen LogP contribution in [0.1, 0.15) is 51.4 Å². The highest BCUT2D eigenvalue weighted by atomic mass is 16.5. The summed E-state index contributed by atoms with van der Waals surface area (Å²) in [5, 5.41) is 2.86. The molecule has 23 heavy (non-hydrogen) atoms. The number of rotatable bonds is 6. The molecule has 3 aliphatic rings. The van der Waals surface area contributed by atoms with Gasteiger partial charge in [-0.15, -0.1) is 0 Å². The SMILES string of the molecule is O=C(CCN1C(=O)[C@@H]2CCCC[C@H]2C1=O)NCC[C@@H]1CCCO1. The molecule has 2 aliphatic heterocycles. The lowest BCUT2D eigenvalue weighted by atomic mass is 9.81. The number of imide groups is 1. The highest BCUT2D eigenvalue weighted by molar-refractivity contribution is 6.05.